The maximum Gasteiger partial charge on any atom is 0.245 e. The first-order chi connectivity index (χ1) is 19.6. The fourth-order valence-corrected chi connectivity index (χ4v) is 5.86. The lowest BCUT2D eigenvalue weighted by Gasteiger charge is -2.35. The van der Waals surface area contributed by atoms with Crippen LogP contribution in [0.25, 0.3) is 0 Å². The Hall–Kier alpha value is -0.420. The van der Waals surface area contributed by atoms with Crippen LogP contribution < -0.4 is 0 Å². The maximum atomic E-state index is 12.7. The van der Waals surface area contributed by atoms with Crippen LogP contribution in [0.2, 0.25) is 0 Å². The summed E-state index contributed by atoms with van der Waals surface area (Å²) >= 11 is 7.09. The lowest BCUT2D eigenvalue weighted by molar-refractivity contribution is -0.135. The quantitative estimate of drug-likeness (QED) is 0.129. The number of carbonyl (C=O) groups excluding carboxylic acids is 2. The van der Waals surface area contributed by atoms with Crippen LogP contribution in [0.3, 0.4) is 0 Å². The molecule has 0 aromatic carbocycles. The van der Waals surface area contributed by atoms with E-state index in [1.54, 1.807) is 0 Å². The van der Waals surface area contributed by atoms with Gasteiger partial charge < -0.3 is 38.2 Å². The third-order valence-corrected chi connectivity index (χ3v) is 11.1. The molecule has 2 heterocycles. The van der Waals surface area contributed by atoms with Crippen LogP contribution in [0.1, 0.15) is 55.4 Å². The lowest BCUT2D eigenvalue weighted by atomic mass is 10.1. The van der Waals surface area contributed by atoms with Crippen molar-refractivity contribution in [3.05, 3.63) is 0 Å². The minimum Gasteiger partial charge on any atom is -0.377 e. The van der Waals surface area contributed by atoms with Crippen molar-refractivity contribution in [3.8, 4) is 0 Å². The molecule has 246 valence electrons. The summed E-state index contributed by atoms with van der Waals surface area (Å²) in [7, 11) is 0. The number of hydrogen-bond donors (Lipinski definition) is 0. The molecule has 0 aliphatic carbocycles. The molecule has 0 saturated carbocycles. The highest BCUT2D eigenvalue weighted by molar-refractivity contribution is 9.07. The number of ether oxygens (including phenoxy) is 6. The van der Waals surface area contributed by atoms with E-state index in [1.165, 1.54) is 0 Å². The van der Waals surface area contributed by atoms with Crippen LogP contribution in [0, 0.1) is 0 Å². The van der Waals surface area contributed by atoms with Crippen molar-refractivity contribution in [1.82, 2.24) is 17.7 Å². The van der Waals surface area contributed by atoms with Gasteiger partial charge in [0, 0.05) is 45.4 Å². The van der Waals surface area contributed by atoms with Gasteiger partial charge in [-0.2, -0.15) is 0 Å². The second kappa shape index (κ2) is 16.8. The molecule has 0 radical (unpaired) electrons. The predicted octanol–water partition coefficient (Wildman–Crippen LogP) is 3.02. The number of carbonyl (C=O) groups is 2. The van der Waals surface area contributed by atoms with Gasteiger partial charge in [0.1, 0.15) is 22.4 Å². The van der Waals surface area contributed by atoms with Gasteiger partial charge in [-0.1, -0.05) is 0 Å². The Balaban J connectivity index is 1.33. The smallest absolute Gasteiger partial charge is 0.245 e. The molecule has 2 fully saturated rings. The summed E-state index contributed by atoms with van der Waals surface area (Å²) in [5.41, 5.74) is -2.03. The number of hydrogen-bond acceptors (Lipinski definition) is 10. The third kappa shape index (κ3) is 9.54. The molecule has 0 spiro atoms. The largest absolute Gasteiger partial charge is 0.377 e. The first kappa shape index (κ1) is 37.8. The van der Waals surface area contributed by atoms with Crippen molar-refractivity contribution >= 4 is 44.1 Å². The summed E-state index contributed by atoms with van der Waals surface area (Å²) < 4.78 is 37.2. The Morgan fingerprint density at radius 1 is 0.452 bits per heavy atom. The monoisotopic (exact) mass is 730 g/mol. The average molecular weight is 733 g/mol. The molecule has 12 nitrogen and oxygen atoms in total. The zero-order valence-electron chi connectivity index (χ0n) is 26.7. The molecule has 2 saturated heterocycles. The summed E-state index contributed by atoms with van der Waals surface area (Å²) in [4.78, 5) is 29.0. The second-order valence-corrected chi connectivity index (χ2v) is 13.7. The van der Waals surface area contributed by atoms with E-state index in [0.717, 1.165) is 0 Å². The minimum absolute atomic E-state index is 0.0765. The van der Waals surface area contributed by atoms with Gasteiger partial charge in [0.2, 0.25) is 11.8 Å². The Labute approximate surface area is 269 Å². The molecule has 2 amide bonds. The van der Waals surface area contributed by atoms with E-state index >= 15 is 0 Å². The first-order valence-electron chi connectivity index (χ1n) is 14.6. The van der Waals surface area contributed by atoms with Gasteiger partial charge in [-0.25, -0.2) is 7.85 Å². The van der Waals surface area contributed by atoms with Crippen molar-refractivity contribution < 1.29 is 38.0 Å². The van der Waals surface area contributed by atoms with Crippen molar-refractivity contribution in [2.24, 2.45) is 0 Å². The molecule has 2 aliphatic rings. The van der Waals surface area contributed by atoms with Gasteiger partial charge in [0.15, 0.2) is 0 Å². The van der Waals surface area contributed by atoms with Gasteiger partial charge in [0.25, 0.3) is 0 Å². The predicted molar refractivity (Wildman–Crippen MR) is 166 cm³/mol. The van der Waals surface area contributed by atoms with Crippen molar-refractivity contribution in [2.75, 3.05) is 92.4 Å². The Morgan fingerprint density at radius 2 is 0.667 bits per heavy atom. The van der Waals surface area contributed by atoms with Crippen LogP contribution in [0.5, 0.6) is 0 Å². The Morgan fingerprint density at radius 3 is 0.857 bits per heavy atom. The number of nitrogens with zero attached hydrogens (tertiary/aromatic N) is 4. The molecular weight excluding hydrogens is 680 g/mol. The first-order valence-corrected chi connectivity index (χ1v) is 16.1. The normalized spacial score (nSPS) is 21.7. The summed E-state index contributed by atoms with van der Waals surface area (Å²) in [6, 6.07) is 0. The Bertz CT molecular complexity index is 794. The van der Waals surface area contributed by atoms with Crippen LogP contribution in [0.4, 0.5) is 0 Å². The fraction of sp³-hybridized carbons (Fsp3) is 0.929. The van der Waals surface area contributed by atoms with Crippen molar-refractivity contribution in [1.29, 1.82) is 0 Å². The summed E-state index contributed by atoms with van der Waals surface area (Å²) in [6.45, 7) is 22.4. The standard InChI is InChI=1S/C28H52Br2N4O8/c1-25(2)23(35)31(27(5,6)33(25)29)9-11-37-13-15-39-17-19-41-21-22-42-20-18-40-16-14-38-12-10-32-24(36)26(3,4)34(30)28(32,7)8/h9-22H2,1-8H3. The number of rotatable bonds is 21. The second-order valence-electron chi connectivity index (χ2n) is 12.3. The van der Waals surface area contributed by atoms with Gasteiger partial charge in [-0.05, 0) is 55.4 Å². The average Bonchev–Trinajstić information content (AvgIpc) is 3.11. The van der Waals surface area contributed by atoms with E-state index in [0.29, 0.717) is 92.4 Å². The molecule has 0 N–H and O–H groups in total. The van der Waals surface area contributed by atoms with Crippen molar-refractivity contribution in [3.63, 3.8) is 0 Å². The molecule has 0 unspecified atom stereocenters. The van der Waals surface area contributed by atoms with Crippen molar-refractivity contribution in [2.45, 2.75) is 77.8 Å². The topological polar surface area (TPSA) is 102 Å². The Kier molecular flexibility index (Phi) is 15.1. The fourth-order valence-electron chi connectivity index (χ4n) is 5.17. The molecule has 0 aromatic heterocycles. The molecular formula is C28H52Br2N4O8. The highest BCUT2D eigenvalue weighted by atomic mass is 79.9. The van der Waals surface area contributed by atoms with Crippen LogP contribution in [0.15, 0.2) is 0 Å². The van der Waals surface area contributed by atoms with Gasteiger partial charge in [0.05, 0.1) is 79.3 Å². The molecule has 2 aliphatic heterocycles. The van der Waals surface area contributed by atoms with E-state index in [2.05, 4.69) is 32.3 Å². The van der Waals surface area contributed by atoms with E-state index in [9.17, 15) is 9.59 Å². The van der Waals surface area contributed by atoms with E-state index in [-0.39, 0.29) is 11.8 Å². The highest BCUT2D eigenvalue weighted by Crippen LogP contribution is 2.41. The van der Waals surface area contributed by atoms with E-state index in [1.807, 2.05) is 73.0 Å². The maximum absolute atomic E-state index is 12.7. The lowest BCUT2D eigenvalue weighted by Crippen LogP contribution is -2.47. The zero-order chi connectivity index (χ0) is 31.6. The summed E-state index contributed by atoms with van der Waals surface area (Å²) in [5, 5.41) is 0. The zero-order valence-corrected chi connectivity index (χ0v) is 29.9. The molecule has 42 heavy (non-hydrogen) atoms. The molecule has 0 atom stereocenters. The van der Waals surface area contributed by atoms with Gasteiger partial charge in [-0.15, -0.1) is 0 Å². The molecule has 2 rings (SSSR count). The molecule has 0 bridgehead atoms. The van der Waals surface area contributed by atoms with Crippen LogP contribution >= 0.6 is 32.3 Å². The van der Waals surface area contributed by atoms with Crippen LogP contribution in [-0.4, -0.2) is 144 Å². The summed E-state index contributed by atoms with van der Waals surface area (Å²) in [5.74, 6) is 0.153. The molecule has 0 aromatic rings. The van der Waals surface area contributed by atoms with Gasteiger partial charge in [-0.3, -0.25) is 9.59 Å². The summed E-state index contributed by atoms with van der Waals surface area (Å²) in [6.07, 6.45) is 0. The molecule has 14 heteroatoms. The van der Waals surface area contributed by atoms with E-state index in [4.69, 9.17) is 28.4 Å². The third-order valence-electron chi connectivity index (χ3n) is 7.58. The SMILES string of the molecule is CC1(C)C(=O)N(CCOCCOCCOCCOCCOCCOCCN2C(=O)C(C)(C)N(Br)C2(C)C)C(C)(C)N1Br. The van der Waals surface area contributed by atoms with E-state index < -0.39 is 22.4 Å². The number of amides is 2. The number of halogens is 2. The van der Waals surface area contributed by atoms with Crippen LogP contribution in [-0.2, 0) is 38.0 Å². The minimum atomic E-state index is -0.591. The van der Waals surface area contributed by atoms with Gasteiger partial charge >= 0.3 is 0 Å². The highest BCUT2D eigenvalue weighted by Gasteiger charge is 2.56.